The van der Waals surface area contributed by atoms with Gasteiger partial charge in [-0.1, -0.05) is 30.4 Å². The van der Waals surface area contributed by atoms with Crippen LogP contribution in [0.15, 0.2) is 60.8 Å². The number of carbonyl (C=O) groups excluding carboxylic acids is 2. The quantitative estimate of drug-likeness (QED) is 0.536. The average molecular weight is 354 g/mol. The van der Waals surface area contributed by atoms with Crippen LogP contribution < -0.4 is 4.74 Å². The van der Waals surface area contributed by atoms with E-state index < -0.39 is 5.97 Å². The van der Waals surface area contributed by atoms with Gasteiger partial charge in [0.2, 0.25) is 5.88 Å². The second-order valence-corrected chi connectivity index (χ2v) is 5.71. The van der Waals surface area contributed by atoms with Crippen LogP contribution in [0.4, 0.5) is 0 Å². The first-order valence-electron chi connectivity index (χ1n) is 8.28. The van der Waals surface area contributed by atoms with Gasteiger partial charge in [0.25, 0.3) is 5.91 Å². The third kappa shape index (κ3) is 5.44. The van der Waals surface area contributed by atoms with E-state index in [2.05, 4.69) is 11.6 Å². The highest BCUT2D eigenvalue weighted by Gasteiger charge is 2.19. The molecule has 0 saturated heterocycles. The number of para-hydroxylation sites is 1. The van der Waals surface area contributed by atoms with Gasteiger partial charge < -0.3 is 14.4 Å². The Morgan fingerprint density at radius 1 is 1.15 bits per heavy atom. The molecule has 0 radical (unpaired) electrons. The number of rotatable bonds is 8. The number of hydrogen-bond donors (Lipinski definition) is 0. The summed E-state index contributed by atoms with van der Waals surface area (Å²) in [4.78, 5) is 30.2. The van der Waals surface area contributed by atoms with Crippen molar-refractivity contribution in [3.63, 3.8) is 0 Å². The van der Waals surface area contributed by atoms with E-state index in [9.17, 15) is 9.59 Å². The van der Waals surface area contributed by atoms with E-state index in [1.165, 1.54) is 6.20 Å². The van der Waals surface area contributed by atoms with Crippen molar-refractivity contribution in [2.45, 2.75) is 13.8 Å². The van der Waals surface area contributed by atoms with E-state index in [0.29, 0.717) is 18.8 Å². The Morgan fingerprint density at radius 2 is 1.88 bits per heavy atom. The zero-order chi connectivity index (χ0) is 18.9. The molecule has 0 N–H and O–H groups in total. The number of benzene rings is 1. The molecule has 2 aromatic rings. The van der Waals surface area contributed by atoms with Gasteiger partial charge >= 0.3 is 5.97 Å². The summed E-state index contributed by atoms with van der Waals surface area (Å²) < 4.78 is 10.8. The number of carbonyl (C=O) groups is 2. The lowest BCUT2D eigenvalue weighted by Crippen LogP contribution is -2.35. The van der Waals surface area contributed by atoms with Gasteiger partial charge in [0.15, 0.2) is 6.61 Å². The molecule has 0 spiro atoms. The molecule has 0 fully saturated rings. The van der Waals surface area contributed by atoms with Crippen molar-refractivity contribution >= 4 is 11.9 Å². The number of pyridine rings is 1. The highest BCUT2D eigenvalue weighted by molar-refractivity contribution is 5.93. The standard InChI is InChI=1S/C20H22N2O4/c1-4-22(13-15(2)3)18(23)14-25-20(24)17-11-8-12-21-19(17)26-16-9-6-5-7-10-16/h5-12H,2,4,13-14H2,1,3H3. The van der Waals surface area contributed by atoms with E-state index in [0.717, 1.165) is 5.57 Å². The summed E-state index contributed by atoms with van der Waals surface area (Å²) in [7, 11) is 0. The maximum absolute atomic E-state index is 12.4. The van der Waals surface area contributed by atoms with Gasteiger partial charge in [-0.05, 0) is 38.1 Å². The molecule has 0 unspecified atom stereocenters. The molecular weight excluding hydrogens is 332 g/mol. The fourth-order valence-electron chi connectivity index (χ4n) is 2.23. The van der Waals surface area contributed by atoms with E-state index >= 15 is 0 Å². The van der Waals surface area contributed by atoms with Gasteiger partial charge in [-0.25, -0.2) is 9.78 Å². The van der Waals surface area contributed by atoms with Crippen LogP contribution >= 0.6 is 0 Å². The summed E-state index contributed by atoms with van der Waals surface area (Å²) in [5.41, 5.74) is 1.02. The normalized spacial score (nSPS) is 10.1. The van der Waals surface area contributed by atoms with Crippen LogP contribution in [0.5, 0.6) is 11.6 Å². The largest absolute Gasteiger partial charge is 0.452 e. The third-order valence-electron chi connectivity index (χ3n) is 3.47. The van der Waals surface area contributed by atoms with Crippen molar-refractivity contribution in [2.24, 2.45) is 0 Å². The molecule has 0 aliphatic heterocycles. The van der Waals surface area contributed by atoms with Gasteiger partial charge in [-0.3, -0.25) is 4.79 Å². The monoisotopic (exact) mass is 354 g/mol. The molecule has 0 aliphatic carbocycles. The second kappa shape index (κ2) is 9.36. The fourth-order valence-corrected chi connectivity index (χ4v) is 2.23. The number of amides is 1. The van der Waals surface area contributed by atoms with Crippen LogP contribution in [0, 0.1) is 0 Å². The Labute approximate surface area is 153 Å². The van der Waals surface area contributed by atoms with E-state index in [1.54, 1.807) is 29.2 Å². The highest BCUT2D eigenvalue weighted by Crippen LogP contribution is 2.23. The topological polar surface area (TPSA) is 68.7 Å². The number of hydrogen-bond acceptors (Lipinski definition) is 5. The van der Waals surface area contributed by atoms with Crippen molar-refractivity contribution in [1.29, 1.82) is 0 Å². The van der Waals surface area contributed by atoms with Gasteiger partial charge in [0.1, 0.15) is 11.3 Å². The van der Waals surface area contributed by atoms with Crippen molar-refractivity contribution in [1.82, 2.24) is 9.88 Å². The first-order chi connectivity index (χ1) is 12.5. The number of ether oxygens (including phenoxy) is 2. The Kier molecular flexibility index (Phi) is 6.91. The van der Waals surface area contributed by atoms with Crippen LogP contribution in [0.25, 0.3) is 0 Å². The maximum atomic E-state index is 12.4. The van der Waals surface area contributed by atoms with Crippen LogP contribution in [-0.4, -0.2) is 41.5 Å². The predicted octanol–water partition coefficient (Wildman–Crippen LogP) is 3.46. The molecule has 1 aromatic carbocycles. The average Bonchev–Trinajstić information content (AvgIpc) is 2.65. The summed E-state index contributed by atoms with van der Waals surface area (Å²) >= 11 is 0. The number of esters is 1. The lowest BCUT2D eigenvalue weighted by molar-refractivity contribution is -0.133. The molecule has 6 heteroatoms. The van der Waals surface area contributed by atoms with E-state index in [1.807, 2.05) is 32.0 Å². The molecule has 136 valence electrons. The van der Waals surface area contributed by atoms with Crippen molar-refractivity contribution in [2.75, 3.05) is 19.7 Å². The summed E-state index contributed by atoms with van der Waals surface area (Å²) in [6.07, 6.45) is 1.52. The molecule has 2 rings (SSSR count). The van der Waals surface area contributed by atoms with Crippen LogP contribution in [0.2, 0.25) is 0 Å². The van der Waals surface area contributed by atoms with Crippen LogP contribution in [0.3, 0.4) is 0 Å². The van der Waals surface area contributed by atoms with Crippen molar-refractivity contribution in [3.8, 4) is 11.6 Å². The summed E-state index contributed by atoms with van der Waals surface area (Å²) in [6.45, 7) is 8.09. The summed E-state index contributed by atoms with van der Waals surface area (Å²) in [6, 6.07) is 12.1. The van der Waals surface area contributed by atoms with Crippen LogP contribution in [0.1, 0.15) is 24.2 Å². The second-order valence-electron chi connectivity index (χ2n) is 5.71. The first kappa shape index (κ1) is 19.2. The van der Waals surface area contributed by atoms with Gasteiger partial charge in [-0.15, -0.1) is 0 Å². The summed E-state index contributed by atoms with van der Waals surface area (Å²) in [5, 5.41) is 0. The Bertz CT molecular complexity index is 774. The van der Waals surface area contributed by atoms with Gasteiger partial charge in [0, 0.05) is 19.3 Å². The van der Waals surface area contributed by atoms with E-state index in [4.69, 9.17) is 9.47 Å². The Hall–Kier alpha value is -3.15. The maximum Gasteiger partial charge on any atom is 0.344 e. The molecular formula is C20H22N2O4. The first-order valence-corrected chi connectivity index (χ1v) is 8.28. The highest BCUT2D eigenvalue weighted by atomic mass is 16.5. The fraction of sp³-hybridized carbons (Fsp3) is 0.250. The number of likely N-dealkylation sites (N-methyl/N-ethyl adjacent to an activating group) is 1. The SMILES string of the molecule is C=C(C)CN(CC)C(=O)COC(=O)c1cccnc1Oc1ccccc1. The Morgan fingerprint density at radius 3 is 2.54 bits per heavy atom. The molecule has 6 nitrogen and oxygen atoms in total. The Balaban J connectivity index is 2.03. The molecule has 1 heterocycles. The molecule has 0 saturated carbocycles. The number of aromatic nitrogens is 1. The molecule has 1 aromatic heterocycles. The molecule has 0 atom stereocenters. The molecule has 1 amide bonds. The van der Waals surface area contributed by atoms with Gasteiger partial charge in [0.05, 0.1) is 0 Å². The third-order valence-corrected chi connectivity index (χ3v) is 3.47. The van der Waals surface area contributed by atoms with Crippen molar-refractivity contribution < 1.29 is 19.1 Å². The minimum Gasteiger partial charge on any atom is -0.452 e. The minimum absolute atomic E-state index is 0.130. The van der Waals surface area contributed by atoms with Gasteiger partial charge in [-0.2, -0.15) is 0 Å². The molecule has 0 aliphatic rings. The van der Waals surface area contributed by atoms with E-state index in [-0.39, 0.29) is 24.0 Å². The van der Waals surface area contributed by atoms with Crippen molar-refractivity contribution in [3.05, 3.63) is 66.4 Å². The zero-order valence-corrected chi connectivity index (χ0v) is 15.0. The predicted molar refractivity (Wildman–Crippen MR) is 98.1 cm³/mol. The lowest BCUT2D eigenvalue weighted by atomic mass is 10.2. The van der Waals surface area contributed by atoms with Crippen LogP contribution in [-0.2, 0) is 9.53 Å². The summed E-state index contributed by atoms with van der Waals surface area (Å²) in [5.74, 6) is -0.262. The minimum atomic E-state index is -0.663. The zero-order valence-electron chi connectivity index (χ0n) is 15.0. The smallest absolute Gasteiger partial charge is 0.344 e. The molecule has 26 heavy (non-hydrogen) atoms. The lowest BCUT2D eigenvalue weighted by Gasteiger charge is -2.20. The number of nitrogens with zero attached hydrogens (tertiary/aromatic N) is 2. The molecule has 0 bridgehead atoms.